The van der Waals surface area contributed by atoms with E-state index < -0.39 is 6.10 Å². The van der Waals surface area contributed by atoms with Crippen LogP contribution in [0.3, 0.4) is 0 Å². The van der Waals surface area contributed by atoms with Crippen molar-refractivity contribution >= 4 is 6.29 Å². The number of aliphatic hydroxyl groups is 4. The van der Waals surface area contributed by atoms with Crippen LogP contribution in [0.1, 0.15) is 85.5 Å². The molecule has 5 nitrogen and oxygen atoms in total. The Morgan fingerprint density at radius 1 is 0.969 bits per heavy atom. The van der Waals surface area contributed by atoms with Gasteiger partial charge in [0.25, 0.3) is 0 Å². The molecule has 4 rings (SSSR count). The second-order valence-electron chi connectivity index (χ2n) is 12.6. The summed E-state index contributed by atoms with van der Waals surface area (Å²) < 4.78 is 0. The van der Waals surface area contributed by atoms with Gasteiger partial charge in [-0.1, -0.05) is 27.7 Å². The molecule has 184 valence electrons. The number of fused-ring (bicyclic) bond motifs is 5. The first-order chi connectivity index (χ1) is 15.0. The molecule has 0 aliphatic heterocycles. The molecule has 4 saturated carbocycles. The van der Waals surface area contributed by atoms with Crippen molar-refractivity contribution < 1.29 is 25.2 Å². The highest BCUT2D eigenvalue weighted by Crippen LogP contribution is 2.68. The summed E-state index contributed by atoms with van der Waals surface area (Å²) in [5.41, 5.74) is -0.107. The van der Waals surface area contributed by atoms with E-state index in [9.17, 15) is 25.2 Å². The zero-order valence-corrected chi connectivity index (χ0v) is 20.5. The number of aliphatic hydroxyl groups excluding tert-OH is 4. The predicted molar refractivity (Wildman–Crippen MR) is 124 cm³/mol. The van der Waals surface area contributed by atoms with Crippen molar-refractivity contribution in [2.24, 2.45) is 52.3 Å². The van der Waals surface area contributed by atoms with Gasteiger partial charge in [0, 0.05) is 5.92 Å². The summed E-state index contributed by atoms with van der Waals surface area (Å²) in [6, 6.07) is 0. The van der Waals surface area contributed by atoms with Crippen LogP contribution in [0.2, 0.25) is 0 Å². The maximum absolute atomic E-state index is 11.6. The van der Waals surface area contributed by atoms with Gasteiger partial charge in [-0.25, -0.2) is 0 Å². The summed E-state index contributed by atoms with van der Waals surface area (Å²) in [4.78, 5) is 11.0. The molecule has 0 amide bonds. The van der Waals surface area contributed by atoms with Crippen LogP contribution >= 0.6 is 0 Å². The minimum absolute atomic E-state index is 0.101. The van der Waals surface area contributed by atoms with E-state index in [1.165, 1.54) is 0 Å². The van der Waals surface area contributed by atoms with Gasteiger partial charge in [0.1, 0.15) is 6.29 Å². The Hall–Kier alpha value is -0.490. The van der Waals surface area contributed by atoms with E-state index in [0.717, 1.165) is 57.7 Å². The fourth-order valence-electron chi connectivity index (χ4n) is 9.12. The molecule has 13 atom stereocenters. The number of carbonyl (C=O) groups excluding carboxylic acids is 1. The number of hydrogen-bond donors (Lipinski definition) is 4. The van der Waals surface area contributed by atoms with Gasteiger partial charge >= 0.3 is 0 Å². The van der Waals surface area contributed by atoms with Gasteiger partial charge in [-0.2, -0.15) is 0 Å². The molecule has 4 aliphatic rings. The van der Waals surface area contributed by atoms with Crippen LogP contribution in [-0.2, 0) is 4.79 Å². The van der Waals surface area contributed by atoms with Crippen molar-refractivity contribution in [2.45, 2.75) is 110 Å². The maximum Gasteiger partial charge on any atom is 0.125 e. The van der Waals surface area contributed by atoms with Gasteiger partial charge in [-0.05, 0) is 104 Å². The van der Waals surface area contributed by atoms with E-state index in [0.29, 0.717) is 36.0 Å². The van der Waals surface area contributed by atoms with Crippen molar-refractivity contribution in [1.29, 1.82) is 0 Å². The summed E-state index contributed by atoms with van der Waals surface area (Å²) in [6.45, 7) is 8.64. The third kappa shape index (κ3) is 3.79. The first-order valence-electron chi connectivity index (χ1n) is 13.2. The van der Waals surface area contributed by atoms with E-state index in [1.807, 2.05) is 0 Å². The summed E-state index contributed by atoms with van der Waals surface area (Å²) in [5, 5.41) is 43.5. The van der Waals surface area contributed by atoms with Gasteiger partial charge < -0.3 is 25.2 Å². The van der Waals surface area contributed by atoms with Crippen molar-refractivity contribution in [2.75, 3.05) is 0 Å². The Morgan fingerprint density at radius 3 is 2.38 bits per heavy atom. The molecular weight excluding hydrogens is 404 g/mol. The first-order valence-corrected chi connectivity index (χ1v) is 13.2. The van der Waals surface area contributed by atoms with Crippen LogP contribution in [0.25, 0.3) is 0 Å². The molecule has 0 saturated heterocycles. The fourth-order valence-corrected chi connectivity index (χ4v) is 9.12. The number of carbonyl (C=O) groups is 1. The minimum Gasteiger partial charge on any atom is -0.393 e. The molecule has 5 heteroatoms. The number of aldehydes is 1. The molecule has 4 N–H and O–H groups in total. The van der Waals surface area contributed by atoms with E-state index in [2.05, 4.69) is 20.8 Å². The molecule has 32 heavy (non-hydrogen) atoms. The molecule has 2 unspecified atom stereocenters. The minimum atomic E-state index is -0.598. The topological polar surface area (TPSA) is 98.0 Å². The highest BCUT2D eigenvalue weighted by atomic mass is 16.3. The van der Waals surface area contributed by atoms with Gasteiger partial charge in [0.05, 0.1) is 24.4 Å². The Labute approximate surface area is 194 Å². The molecule has 0 radical (unpaired) electrons. The number of rotatable bonds is 6. The zero-order chi connectivity index (χ0) is 23.4. The predicted octanol–water partition coefficient (Wildman–Crippen LogP) is 3.56. The third-order valence-electron chi connectivity index (χ3n) is 11.3. The summed E-state index contributed by atoms with van der Waals surface area (Å²) in [5.74, 6) is 1.61. The van der Waals surface area contributed by atoms with Gasteiger partial charge in [0.15, 0.2) is 0 Å². The summed E-state index contributed by atoms with van der Waals surface area (Å²) in [7, 11) is 0. The van der Waals surface area contributed by atoms with Gasteiger partial charge in [0.2, 0.25) is 0 Å². The first kappa shape index (κ1) is 24.6. The van der Waals surface area contributed by atoms with Gasteiger partial charge in [-0.3, -0.25) is 0 Å². The van der Waals surface area contributed by atoms with E-state index in [4.69, 9.17) is 0 Å². The average Bonchev–Trinajstić information content (AvgIpc) is 3.11. The van der Waals surface area contributed by atoms with Crippen LogP contribution in [0.4, 0.5) is 0 Å². The van der Waals surface area contributed by atoms with E-state index in [-0.39, 0.29) is 41.0 Å². The molecular formula is C27H46O5. The van der Waals surface area contributed by atoms with E-state index >= 15 is 0 Å². The second-order valence-corrected chi connectivity index (χ2v) is 12.6. The standard InChI is InChI=1S/C27H46O5/c1-15(5-8-22(30)16(2)14-28)19-6-7-20-25-21(13-24(32)27(19,20)4)26(3)10-9-18(29)11-17(26)12-23(25)31/h14-25,29-32H,5-13H2,1-4H3/t15-,16?,17+,18-,19-,20+,21+,22?,23-,24+,25+,26+,27-/m1/s1. The van der Waals surface area contributed by atoms with Crippen molar-refractivity contribution in [3.63, 3.8) is 0 Å². The summed E-state index contributed by atoms with van der Waals surface area (Å²) in [6.07, 6.45) is 7.01. The molecule has 0 bridgehead atoms. The Bertz CT molecular complexity index is 683. The fraction of sp³-hybridized carbons (Fsp3) is 0.963. The average molecular weight is 451 g/mol. The van der Waals surface area contributed by atoms with E-state index in [1.54, 1.807) is 6.92 Å². The lowest BCUT2D eigenvalue weighted by atomic mass is 9.43. The Morgan fingerprint density at radius 2 is 1.69 bits per heavy atom. The second kappa shape index (κ2) is 8.94. The van der Waals surface area contributed by atoms with Crippen LogP contribution in [0.15, 0.2) is 0 Å². The summed E-state index contributed by atoms with van der Waals surface area (Å²) >= 11 is 0. The molecule has 0 aromatic carbocycles. The largest absolute Gasteiger partial charge is 0.393 e. The molecule has 4 aliphatic carbocycles. The Kier molecular flexibility index (Phi) is 6.88. The quantitative estimate of drug-likeness (QED) is 0.464. The molecule has 0 aromatic heterocycles. The highest BCUT2D eigenvalue weighted by molar-refractivity contribution is 5.53. The van der Waals surface area contributed by atoms with Crippen LogP contribution < -0.4 is 0 Å². The SMILES string of the molecule is CC(C=O)C(O)CC[C@@H](C)[C@H]1CC[C@H]2[C@@H]3[C@H](O)C[C@@H]4C[C@H](O)CC[C@]4(C)[C@H]3C[C@H](O)[C@]12C. The van der Waals surface area contributed by atoms with Crippen molar-refractivity contribution in [3.8, 4) is 0 Å². The molecule has 0 heterocycles. The lowest BCUT2D eigenvalue weighted by Crippen LogP contribution is -2.62. The normalized spacial score (nSPS) is 51.1. The molecule has 4 fully saturated rings. The van der Waals surface area contributed by atoms with Crippen LogP contribution in [0, 0.1) is 52.3 Å². The zero-order valence-electron chi connectivity index (χ0n) is 20.5. The van der Waals surface area contributed by atoms with Crippen molar-refractivity contribution in [1.82, 2.24) is 0 Å². The monoisotopic (exact) mass is 450 g/mol. The Balaban J connectivity index is 1.53. The lowest BCUT2D eigenvalue weighted by molar-refractivity contribution is -0.207. The number of hydrogen-bond acceptors (Lipinski definition) is 5. The van der Waals surface area contributed by atoms with Crippen molar-refractivity contribution in [3.05, 3.63) is 0 Å². The van der Waals surface area contributed by atoms with Crippen LogP contribution in [0.5, 0.6) is 0 Å². The third-order valence-corrected chi connectivity index (χ3v) is 11.3. The molecule has 0 spiro atoms. The highest BCUT2D eigenvalue weighted by Gasteiger charge is 2.65. The smallest absolute Gasteiger partial charge is 0.125 e. The molecule has 0 aromatic rings. The van der Waals surface area contributed by atoms with Crippen LogP contribution in [-0.4, -0.2) is 51.1 Å². The maximum atomic E-state index is 11.6. The lowest BCUT2D eigenvalue weighted by Gasteiger charge is -2.63. The van der Waals surface area contributed by atoms with Gasteiger partial charge in [-0.15, -0.1) is 0 Å².